The van der Waals surface area contributed by atoms with Crippen molar-refractivity contribution in [1.29, 1.82) is 0 Å². The van der Waals surface area contributed by atoms with Gasteiger partial charge < -0.3 is 9.88 Å². The molecule has 2 aromatic rings. The van der Waals surface area contributed by atoms with Crippen LogP contribution >= 0.6 is 11.8 Å². The molecule has 3 rings (SSSR count). The summed E-state index contributed by atoms with van der Waals surface area (Å²) >= 11 is 1.37. The maximum absolute atomic E-state index is 12.5. The molecule has 7 nitrogen and oxygen atoms in total. The van der Waals surface area contributed by atoms with Crippen molar-refractivity contribution in [2.24, 2.45) is 17.0 Å². The number of nitrogens with two attached hydrogens (primary N) is 1. The maximum atomic E-state index is 12.5. The standard InChI is InChI=1S/C19H28N4O3S2/c1-4-23-17-9-8-14(28(20,25)26)10-16(17)22-19(23)27-11-18(24)21-15-7-5-6-12(2)13(15)3/h8-10,12-13,15H,4-7,11H2,1-3H3,(H,21,24)(H2,20,25,26). The molecule has 1 saturated carbocycles. The van der Waals surface area contributed by atoms with Crippen LogP contribution in [-0.2, 0) is 21.4 Å². The lowest BCUT2D eigenvalue weighted by Gasteiger charge is -2.34. The van der Waals surface area contributed by atoms with Gasteiger partial charge in [-0.1, -0.05) is 38.5 Å². The molecule has 0 bridgehead atoms. The van der Waals surface area contributed by atoms with Gasteiger partial charge in [0.15, 0.2) is 5.16 Å². The fourth-order valence-corrected chi connectivity index (χ4v) is 5.27. The number of carbonyl (C=O) groups excluding carboxylic acids is 1. The van der Waals surface area contributed by atoms with Crippen LogP contribution in [-0.4, -0.2) is 35.7 Å². The summed E-state index contributed by atoms with van der Waals surface area (Å²) in [6.45, 7) is 7.12. The molecule has 154 valence electrons. The number of nitrogens with one attached hydrogen (secondary N) is 1. The molecular formula is C19H28N4O3S2. The normalized spacial score (nSPS) is 23.1. The number of amides is 1. The predicted molar refractivity (Wildman–Crippen MR) is 112 cm³/mol. The lowest BCUT2D eigenvalue weighted by Crippen LogP contribution is -2.44. The van der Waals surface area contributed by atoms with Crippen molar-refractivity contribution in [2.45, 2.75) is 62.7 Å². The zero-order valence-electron chi connectivity index (χ0n) is 16.5. The fraction of sp³-hybridized carbons (Fsp3) is 0.579. The largest absolute Gasteiger partial charge is 0.352 e. The minimum absolute atomic E-state index is 0.0101. The van der Waals surface area contributed by atoms with E-state index in [4.69, 9.17) is 5.14 Å². The Bertz CT molecular complexity index is 971. The molecule has 0 saturated heterocycles. The first kappa shape index (κ1) is 21.1. The van der Waals surface area contributed by atoms with Gasteiger partial charge in [-0.05, 0) is 43.4 Å². The number of imidazole rings is 1. The molecule has 3 N–H and O–H groups in total. The average Bonchev–Trinajstić information content (AvgIpc) is 2.99. The minimum Gasteiger partial charge on any atom is -0.352 e. The zero-order valence-corrected chi connectivity index (χ0v) is 18.1. The minimum atomic E-state index is -3.78. The number of carbonyl (C=O) groups is 1. The van der Waals surface area contributed by atoms with E-state index in [2.05, 4.69) is 24.1 Å². The molecule has 0 spiro atoms. The summed E-state index contributed by atoms with van der Waals surface area (Å²) in [7, 11) is -3.78. The smallest absolute Gasteiger partial charge is 0.238 e. The fourth-order valence-electron chi connectivity index (χ4n) is 3.84. The number of aryl methyl sites for hydroxylation is 1. The van der Waals surface area contributed by atoms with E-state index < -0.39 is 10.0 Å². The van der Waals surface area contributed by atoms with Crippen molar-refractivity contribution in [3.63, 3.8) is 0 Å². The summed E-state index contributed by atoms with van der Waals surface area (Å²) in [5.41, 5.74) is 1.39. The van der Waals surface area contributed by atoms with Crippen molar-refractivity contribution in [1.82, 2.24) is 14.9 Å². The highest BCUT2D eigenvalue weighted by molar-refractivity contribution is 7.99. The Morgan fingerprint density at radius 2 is 2.11 bits per heavy atom. The van der Waals surface area contributed by atoms with E-state index in [0.717, 1.165) is 18.4 Å². The third-order valence-electron chi connectivity index (χ3n) is 5.72. The number of nitrogens with zero attached hydrogens (tertiary/aromatic N) is 2. The number of benzene rings is 1. The Balaban J connectivity index is 1.72. The van der Waals surface area contributed by atoms with Crippen LogP contribution in [0.5, 0.6) is 0 Å². The van der Waals surface area contributed by atoms with Gasteiger partial charge in [-0.15, -0.1) is 0 Å². The molecule has 1 aromatic carbocycles. The van der Waals surface area contributed by atoms with Gasteiger partial charge in [-0.3, -0.25) is 4.79 Å². The van der Waals surface area contributed by atoms with Crippen LogP contribution in [0.3, 0.4) is 0 Å². The number of hydrogen-bond acceptors (Lipinski definition) is 5. The van der Waals surface area contributed by atoms with Crippen LogP contribution in [0.2, 0.25) is 0 Å². The molecular weight excluding hydrogens is 396 g/mol. The van der Waals surface area contributed by atoms with Gasteiger partial charge >= 0.3 is 0 Å². The van der Waals surface area contributed by atoms with E-state index >= 15 is 0 Å². The summed E-state index contributed by atoms with van der Waals surface area (Å²) < 4.78 is 25.1. The number of sulfonamides is 1. The molecule has 1 fully saturated rings. The van der Waals surface area contributed by atoms with Crippen LogP contribution in [0.4, 0.5) is 0 Å². The first-order chi connectivity index (χ1) is 13.2. The molecule has 1 amide bonds. The van der Waals surface area contributed by atoms with Gasteiger partial charge in [0.25, 0.3) is 0 Å². The SMILES string of the molecule is CCn1c(SCC(=O)NC2CCCC(C)C2C)nc2cc(S(N)(=O)=O)ccc21. The van der Waals surface area contributed by atoms with E-state index in [1.54, 1.807) is 6.07 Å². The molecule has 1 aliphatic carbocycles. The van der Waals surface area contributed by atoms with Gasteiger partial charge in [0.1, 0.15) is 0 Å². The zero-order chi connectivity index (χ0) is 20.5. The molecule has 0 aliphatic heterocycles. The number of thioether (sulfide) groups is 1. The second kappa shape index (κ2) is 8.42. The Labute approximate surface area is 170 Å². The van der Waals surface area contributed by atoms with Crippen LogP contribution in [0.1, 0.15) is 40.0 Å². The number of hydrogen-bond donors (Lipinski definition) is 2. The van der Waals surface area contributed by atoms with Gasteiger partial charge in [-0.25, -0.2) is 18.5 Å². The van der Waals surface area contributed by atoms with Crippen molar-refractivity contribution < 1.29 is 13.2 Å². The Hall–Kier alpha value is -1.58. The van der Waals surface area contributed by atoms with Crippen LogP contribution in [0.25, 0.3) is 11.0 Å². The number of primary sulfonamides is 1. The average molecular weight is 425 g/mol. The quantitative estimate of drug-likeness (QED) is 0.694. The maximum Gasteiger partial charge on any atom is 0.238 e. The predicted octanol–water partition coefficient (Wildman–Crippen LogP) is 2.74. The van der Waals surface area contributed by atoms with Gasteiger partial charge in [-0.2, -0.15) is 0 Å². The number of fused-ring (bicyclic) bond motifs is 1. The second-order valence-electron chi connectivity index (χ2n) is 7.56. The topological polar surface area (TPSA) is 107 Å². The second-order valence-corrected chi connectivity index (χ2v) is 10.1. The Morgan fingerprint density at radius 3 is 2.79 bits per heavy atom. The van der Waals surface area contributed by atoms with Crippen LogP contribution in [0.15, 0.2) is 28.3 Å². The van der Waals surface area contributed by atoms with Crippen LogP contribution < -0.4 is 10.5 Å². The lowest BCUT2D eigenvalue weighted by atomic mass is 9.78. The van der Waals surface area contributed by atoms with E-state index in [9.17, 15) is 13.2 Å². The van der Waals surface area contributed by atoms with E-state index in [1.807, 2.05) is 11.5 Å². The molecule has 1 aromatic heterocycles. The van der Waals surface area contributed by atoms with Gasteiger partial charge in [0, 0.05) is 12.6 Å². The monoisotopic (exact) mass is 424 g/mol. The first-order valence-corrected chi connectivity index (χ1v) is 12.2. The highest BCUT2D eigenvalue weighted by atomic mass is 32.2. The van der Waals surface area contributed by atoms with Crippen LogP contribution in [0, 0.1) is 11.8 Å². The van der Waals surface area contributed by atoms with Gasteiger partial charge in [0.05, 0.1) is 21.7 Å². The summed E-state index contributed by atoms with van der Waals surface area (Å²) in [4.78, 5) is 17.0. The molecule has 28 heavy (non-hydrogen) atoms. The summed E-state index contributed by atoms with van der Waals surface area (Å²) in [6, 6.07) is 4.91. The Kier molecular flexibility index (Phi) is 6.36. The number of aromatic nitrogens is 2. The first-order valence-electron chi connectivity index (χ1n) is 9.66. The van der Waals surface area contributed by atoms with E-state index in [1.165, 1.54) is 30.3 Å². The summed E-state index contributed by atoms with van der Waals surface area (Å²) in [5, 5.41) is 9.09. The molecule has 1 heterocycles. The van der Waals surface area contributed by atoms with Crippen molar-refractivity contribution in [3.8, 4) is 0 Å². The summed E-state index contributed by atoms with van der Waals surface area (Å²) in [6.07, 6.45) is 3.41. The third kappa shape index (κ3) is 4.52. The van der Waals surface area contributed by atoms with E-state index in [-0.39, 0.29) is 22.6 Å². The molecule has 3 unspecified atom stereocenters. The highest BCUT2D eigenvalue weighted by Gasteiger charge is 2.28. The molecule has 1 aliphatic rings. The number of rotatable bonds is 6. The van der Waals surface area contributed by atoms with Crippen molar-refractivity contribution in [3.05, 3.63) is 18.2 Å². The molecule has 9 heteroatoms. The van der Waals surface area contributed by atoms with Crippen molar-refractivity contribution in [2.75, 3.05) is 5.75 Å². The van der Waals surface area contributed by atoms with E-state index in [0.29, 0.717) is 29.1 Å². The third-order valence-corrected chi connectivity index (χ3v) is 7.60. The van der Waals surface area contributed by atoms with Gasteiger partial charge in [0.2, 0.25) is 15.9 Å². The highest BCUT2D eigenvalue weighted by Crippen LogP contribution is 2.30. The Morgan fingerprint density at radius 1 is 1.36 bits per heavy atom. The summed E-state index contributed by atoms with van der Waals surface area (Å²) in [5.74, 6) is 1.41. The van der Waals surface area contributed by atoms with Crippen molar-refractivity contribution >= 4 is 38.7 Å². The molecule has 0 radical (unpaired) electrons. The lowest BCUT2D eigenvalue weighted by molar-refractivity contribution is -0.120. The molecule has 3 atom stereocenters.